The average Bonchev–Trinajstić information content (AvgIpc) is 3.29. The van der Waals surface area contributed by atoms with Gasteiger partial charge in [-0.1, -0.05) is 36.4 Å². The molecule has 3 nitrogen and oxygen atoms in total. The van der Waals surface area contributed by atoms with E-state index in [0.29, 0.717) is 10.8 Å². The fourth-order valence-corrected chi connectivity index (χ4v) is 4.30. The molecular formula is C16H19NO2S. The number of rotatable bonds is 4. The minimum Gasteiger partial charge on any atom is -0.207 e. The summed E-state index contributed by atoms with van der Waals surface area (Å²) in [6, 6.07) is 13.1. The molecule has 20 heavy (non-hydrogen) atoms. The summed E-state index contributed by atoms with van der Waals surface area (Å²) < 4.78 is 27.2. The highest BCUT2D eigenvalue weighted by Gasteiger charge is 2.36. The van der Waals surface area contributed by atoms with Gasteiger partial charge in [-0.05, 0) is 37.1 Å². The third-order valence-electron chi connectivity index (χ3n) is 4.28. The highest BCUT2D eigenvalue weighted by Crippen LogP contribution is 2.37. The van der Waals surface area contributed by atoms with Gasteiger partial charge >= 0.3 is 0 Å². The minimum absolute atomic E-state index is 0.0685. The van der Waals surface area contributed by atoms with E-state index in [1.165, 1.54) is 4.31 Å². The van der Waals surface area contributed by atoms with Gasteiger partial charge in [-0.25, -0.2) is 8.42 Å². The van der Waals surface area contributed by atoms with E-state index in [4.69, 9.17) is 0 Å². The maximum atomic E-state index is 12.8. The molecule has 1 aliphatic rings. The van der Waals surface area contributed by atoms with Gasteiger partial charge in [0.25, 0.3) is 0 Å². The Kier molecular flexibility index (Phi) is 3.30. The predicted octanol–water partition coefficient (Wildman–Crippen LogP) is 3.26. The molecule has 0 radical (unpaired) electrons. The summed E-state index contributed by atoms with van der Waals surface area (Å²) in [5, 5.41) is 1.76. The van der Waals surface area contributed by atoms with Crippen LogP contribution in [0.25, 0.3) is 10.8 Å². The topological polar surface area (TPSA) is 37.4 Å². The smallest absolute Gasteiger partial charge is 0.207 e. The van der Waals surface area contributed by atoms with Gasteiger partial charge in [-0.3, -0.25) is 0 Å². The van der Waals surface area contributed by atoms with Crippen LogP contribution in [0.4, 0.5) is 0 Å². The molecule has 4 heteroatoms. The summed E-state index contributed by atoms with van der Waals surface area (Å²) in [5.74, 6) is 0.518. The van der Waals surface area contributed by atoms with E-state index in [1.807, 2.05) is 43.3 Å². The molecule has 0 N–H and O–H groups in total. The first-order valence-corrected chi connectivity index (χ1v) is 8.41. The lowest BCUT2D eigenvalue weighted by molar-refractivity contribution is 0.357. The fraction of sp³-hybridized carbons (Fsp3) is 0.375. The Labute approximate surface area is 120 Å². The van der Waals surface area contributed by atoms with Gasteiger partial charge in [0, 0.05) is 18.5 Å². The van der Waals surface area contributed by atoms with Gasteiger partial charge in [-0.2, -0.15) is 4.31 Å². The number of sulfonamides is 1. The van der Waals surface area contributed by atoms with Crippen LogP contribution in [0.2, 0.25) is 0 Å². The molecule has 0 spiro atoms. The van der Waals surface area contributed by atoms with E-state index in [9.17, 15) is 8.42 Å². The molecule has 2 aromatic carbocycles. The van der Waals surface area contributed by atoms with E-state index in [2.05, 4.69) is 0 Å². The second-order valence-electron chi connectivity index (χ2n) is 5.58. The summed E-state index contributed by atoms with van der Waals surface area (Å²) in [5.41, 5.74) is 0. The Morgan fingerprint density at radius 3 is 2.45 bits per heavy atom. The summed E-state index contributed by atoms with van der Waals surface area (Å²) in [4.78, 5) is 0.408. The standard InChI is InChI=1S/C16H19NO2S/c1-12(13-10-11-13)17(2)20(18,19)16-9-5-7-14-6-3-4-8-15(14)16/h3-9,12-13H,10-11H2,1-2H3. The van der Waals surface area contributed by atoms with Crippen molar-refractivity contribution in [2.45, 2.75) is 30.7 Å². The van der Waals surface area contributed by atoms with Crippen molar-refractivity contribution in [3.8, 4) is 0 Å². The van der Waals surface area contributed by atoms with Crippen LogP contribution in [0.15, 0.2) is 47.4 Å². The number of benzene rings is 2. The molecule has 106 valence electrons. The quantitative estimate of drug-likeness (QED) is 0.866. The van der Waals surface area contributed by atoms with Crippen molar-refractivity contribution in [1.82, 2.24) is 4.31 Å². The minimum atomic E-state index is -3.44. The van der Waals surface area contributed by atoms with E-state index >= 15 is 0 Å². The molecule has 1 unspecified atom stereocenters. The zero-order valence-corrected chi connectivity index (χ0v) is 12.6. The second-order valence-corrected chi connectivity index (χ2v) is 7.54. The number of fused-ring (bicyclic) bond motifs is 1. The van der Waals surface area contributed by atoms with Crippen molar-refractivity contribution in [1.29, 1.82) is 0 Å². The molecule has 1 aliphatic carbocycles. The van der Waals surface area contributed by atoms with Crippen molar-refractivity contribution in [2.24, 2.45) is 5.92 Å². The molecule has 1 saturated carbocycles. The highest BCUT2D eigenvalue weighted by molar-refractivity contribution is 7.89. The van der Waals surface area contributed by atoms with Crippen molar-refractivity contribution >= 4 is 20.8 Å². The van der Waals surface area contributed by atoms with Gasteiger partial charge < -0.3 is 0 Å². The van der Waals surface area contributed by atoms with Gasteiger partial charge in [0.2, 0.25) is 10.0 Å². The zero-order valence-electron chi connectivity index (χ0n) is 11.8. The van der Waals surface area contributed by atoms with Crippen LogP contribution in [0.3, 0.4) is 0 Å². The largest absolute Gasteiger partial charge is 0.243 e. The van der Waals surface area contributed by atoms with Crippen LogP contribution < -0.4 is 0 Å². The SMILES string of the molecule is CC(C1CC1)N(C)S(=O)(=O)c1cccc2ccccc12. The molecule has 0 saturated heterocycles. The third-order valence-corrected chi connectivity index (χ3v) is 6.29. The summed E-state index contributed by atoms with van der Waals surface area (Å²) >= 11 is 0. The van der Waals surface area contributed by atoms with Crippen LogP contribution in [0, 0.1) is 5.92 Å². The van der Waals surface area contributed by atoms with E-state index in [1.54, 1.807) is 13.1 Å². The number of hydrogen-bond donors (Lipinski definition) is 0. The lowest BCUT2D eigenvalue weighted by Gasteiger charge is -2.24. The van der Waals surface area contributed by atoms with Crippen LogP contribution in [-0.2, 0) is 10.0 Å². The maximum Gasteiger partial charge on any atom is 0.243 e. The lowest BCUT2D eigenvalue weighted by Crippen LogP contribution is -2.36. The first-order chi connectivity index (χ1) is 9.51. The highest BCUT2D eigenvalue weighted by atomic mass is 32.2. The van der Waals surface area contributed by atoms with Crippen LogP contribution in [0.1, 0.15) is 19.8 Å². The molecule has 2 aromatic rings. The van der Waals surface area contributed by atoms with E-state index in [0.717, 1.165) is 23.6 Å². The average molecular weight is 289 g/mol. The first kappa shape index (κ1) is 13.6. The Balaban J connectivity index is 2.09. The van der Waals surface area contributed by atoms with E-state index in [-0.39, 0.29) is 6.04 Å². The van der Waals surface area contributed by atoms with Crippen LogP contribution >= 0.6 is 0 Å². The van der Waals surface area contributed by atoms with Crippen LogP contribution in [-0.4, -0.2) is 25.8 Å². The molecule has 0 heterocycles. The monoisotopic (exact) mass is 289 g/mol. The number of nitrogens with zero attached hydrogens (tertiary/aromatic N) is 1. The third kappa shape index (κ3) is 2.23. The van der Waals surface area contributed by atoms with Crippen LogP contribution in [0.5, 0.6) is 0 Å². The lowest BCUT2D eigenvalue weighted by atomic mass is 10.1. The molecule has 0 bridgehead atoms. The van der Waals surface area contributed by atoms with E-state index < -0.39 is 10.0 Å². The van der Waals surface area contributed by atoms with Crippen molar-refractivity contribution in [3.05, 3.63) is 42.5 Å². The van der Waals surface area contributed by atoms with Gasteiger partial charge in [0.05, 0.1) is 4.90 Å². The van der Waals surface area contributed by atoms with Gasteiger partial charge in [0.15, 0.2) is 0 Å². The Morgan fingerprint density at radius 2 is 1.75 bits per heavy atom. The van der Waals surface area contributed by atoms with Crippen molar-refractivity contribution in [3.63, 3.8) is 0 Å². The Hall–Kier alpha value is -1.39. The molecule has 0 amide bonds. The molecule has 0 aromatic heterocycles. The molecule has 3 rings (SSSR count). The predicted molar refractivity (Wildman–Crippen MR) is 81.1 cm³/mol. The summed E-state index contributed by atoms with van der Waals surface area (Å²) in [6.07, 6.45) is 2.27. The second kappa shape index (κ2) is 4.86. The molecule has 1 fully saturated rings. The van der Waals surface area contributed by atoms with Crippen molar-refractivity contribution in [2.75, 3.05) is 7.05 Å². The Morgan fingerprint density at radius 1 is 1.10 bits per heavy atom. The fourth-order valence-electron chi connectivity index (χ4n) is 2.67. The summed E-state index contributed by atoms with van der Waals surface area (Å²) in [6.45, 7) is 2.00. The first-order valence-electron chi connectivity index (χ1n) is 6.97. The normalized spacial score (nSPS) is 17.6. The Bertz CT molecular complexity index is 730. The number of hydrogen-bond acceptors (Lipinski definition) is 2. The van der Waals surface area contributed by atoms with Gasteiger partial charge in [0.1, 0.15) is 0 Å². The molecule has 0 aliphatic heterocycles. The molecule has 1 atom stereocenters. The van der Waals surface area contributed by atoms with Crippen molar-refractivity contribution < 1.29 is 8.42 Å². The zero-order chi connectivity index (χ0) is 14.3. The maximum absolute atomic E-state index is 12.8. The summed E-state index contributed by atoms with van der Waals surface area (Å²) in [7, 11) is -1.74. The van der Waals surface area contributed by atoms with Gasteiger partial charge in [-0.15, -0.1) is 0 Å². The molecular weight excluding hydrogens is 270 g/mol.